The van der Waals surface area contributed by atoms with Crippen LogP contribution in [0.3, 0.4) is 0 Å². The minimum atomic E-state index is -3.60. The molecule has 2 aromatic rings. The fraction of sp³-hybridized carbons (Fsp3) is 0.294. The topological polar surface area (TPSA) is 63.4 Å². The summed E-state index contributed by atoms with van der Waals surface area (Å²) in [4.78, 5) is 1.07. The highest BCUT2D eigenvalue weighted by Gasteiger charge is 2.38. The molecule has 7 heteroatoms. The molecule has 1 heterocycles. The predicted molar refractivity (Wildman–Crippen MR) is 99.2 cm³/mol. The lowest BCUT2D eigenvalue weighted by atomic mass is 9.95. The van der Waals surface area contributed by atoms with Gasteiger partial charge in [-0.3, -0.25) is 0 Å². The SMILES string of the molecule is CSc1ccc(S(=O)(=O)N2C[C@@H](N)[C@H](c3ccccc3)C2)cc1Cl. The molecule has 0 spiro atoms. The van der Waals surface area contributed by atoms with Crippen LogP contribution in [0.4, 0.5) is 0 Å². The van der Waals surface area contributed by atoms with Crippen LogP contribution in [0.2, 0.25) is 5.02 Å². The number of thioether (sulfide) groups is 1. The van der Waals surface area contributed by atoms with Crippen molar-refractivity contribution in [3.63, 3.8) is 0 Å². The zero-order valence-corrected chi connectivity index (χ0v) is 15.6. The first-order chi connectivity index (χ1) is 11.4. The quantitative estimate of drug-likeness (QED) is 0.825. The van der Waals surface area contributed by atoms with Crippen LogP contribution < -0.4 is 5.73 Å². The van der Waals surface area contributed by atoms with Gasteiger partial charge in [0.25, 0.3) is 0 Å². The summed E-state index contributed by atoms with van der Waals surface area (Å²) in [5.41, 5.74) is 7.28. The molecule has 24 heavy (non-hydrogen) atoms. The van der Waals surface area contributed by atoms with Gasteiger partial charge in [0.05, 0.1) is 9.92 Å². The Balaban J connectivity index is 1.87. The molecule has 1 fully saturated rings. The zero-order chi connectivity index (χ0) is 17.3. The molecule has 0 radical (unpaired) electrons. The molecule has 0 aromatic heterocycles. The Morgan fingerprint density at radius 3 is 2.50 bits per heavy atom. The molecule has 2 aromatic carbocycles. The lowest BCUT2D eigenvalue weighted by molar-refractivity contribution is 0.470. The maximum atomic E-state index is 12.9. The van der Waals surface area contributed by atoms with Crippen LogP contribution in [0.1, 0.15) is 11.5 Å². The summed E-state index contributed by atoms with van der Waals surface area (Å²) < 4.78 is 27.3. The number of hydrogen-bond acceptors (Lipinski definition) is 4. The van der Waals surface area contributed by atoms with E-state index >= 15 is 0 Å². The van der Waals surface area contributed by atoms with Crippen LogP contribution >= 0.6 is 23.4 Å². The van der Waals surface area contributed by atoms with Crippen molar-refractivity contribution in [2.45, 2.75) is 21.8 Å². The Kier molecular flexibility index (Phi) is 5.22. The van der Waals surface area contributed by atoms with E-state index in [1.54, 1.807) is 12.1 Å². The van der Waals surface area contributed by atoms with E-state index in [1.807, 2.05) is 36.6 Å². The lowest BCUT2D eigenvalue weighted by Crippen LogP contribution is -2.32. The Bertz CT molecular complexity index is 828. The van der Waals surface area contributed by atoms with Crippen molar-refractivity contribution in [1.29, 1.82) is 0 Å². The molecule has 128 valence electrons. The van der Waals surface area contributed by atoms with Crippen molar-refractivity contribution in [1.82, 2.24) is 4.31 Å². The van der Waals surface area contributed by atoms with Gasteiger partial charge in [-0.15, -0.1) is 11.8 Å². The Morgan fingerprint density at radius 1 is 1.17 bits per heavy atom. The Labute approximate surface area is 152 Å². The van der Waals surface area contributed by atoms with Crippen molar-refractivity contribution in [2.24, 2.45) is 5.73 Å². The number of nitrogens with zero attached hydrogens (tertiary/aromatic N) is 1. The summed E-state index contributed by atoms with van der Waals surface area (Å²) in [6, 6.07) is 14.5. The molecular formula is C17H19ClN2O2S2. The van der Waals surface area contributed by atoms with Gasteiger partial charge in [-0.1, -0.05) is 41.9 Å². The van der Waals surface area contributed by atoms with E-state index in [-0.39, 0.29) is 16.9 Å². The molecule has 0 unspecified atom stereocenters. The largest absolute Gasteiger partial charge is 0.326 e. The minimum absolute atomic E-state index is 0.00178. The van der Waals surface area contributed by atoms with Crippen molar-refractivity contribution < 1.29 is 8.42 Å². The van der Waals surface area contributed by atoms with Gasteiger partial charge >= 0.3 is 0 Å². The van der Waals surface area contributed by atoms with Gasteiger partial charge in [-0.05, 0) is 30.0 Å². The lowest BCUT2D eigenvalue weighted by Gasteiger charge is -2.17. The third-order valence-electron chi connectivity index (χ3n) is 4.32. The number of sulfonamides is 1. The average molecular weight is 383 g/mol. The van der Waals surface area contributed by atoms with Gasteiger partial charge < -0.3 is 5.73 Å². The minimum Gasteiger partial charge on any atom is -0.326 e. The van der Waals surface area contributed by atoms with Gasteiger partial charge in [-0.2, -0.15) is 4.31 Å². The van der Waals surface area contributed by atoms with E-state index in [9.17, 15) is 8.42 Å². The number of nitrogens with two attached hydrogens (primary N) is 1. The summed E-state index contributed by atoms with van der Waals surface area (Å²) in [5.74, 6) is 0.00178. The number of rotatable bonds is 4. The number of benzene rings is 2. The fourth-order valence-electron chi connectivity index (χ4n) is 3.00. The summed E-state index contributed by atoms with van der Waals surface area (Å²) in [6.07, 6.45) is 1.90. The molecule has 2 atom stereocenters. The van der Waals surface area contributed by atoms with Crippen molar-refractivity contribution in [3.8, 4) is 0 Å². The van der Waals surface area contributed by atoms with Crippen molar-refractivity contribution >= 4 is 33.4 Å². The predicted octanol–water partition coefficient (Wildman–Crippen LogP) is 3.18. The highest BCUT2D eigenvalue weighted by molar-refractivity contribution is 7.98. The van der Waals surface area contributed by atoms with Gasteiger partial charge in [0, 0.05) is 29.9 Å². The molecule has 0 bridgehead atoms. The third kappa shape index (κ3) is 3.34. The molecule has 2 N–H and O–H groups in total. The second-order valence-corrected chi connectivity index (χ2v) is 8.99. The molecular weight excluding hydrogens is 364 g/mol. The standard InChI is InChI=1S/C17H19ClN2O2S2/c1-23-17-8-7-13(9-15(17)18)24(21,22)20-10-14(16(19)11-20)12-5-3-2-4-6-12/h2-9,14,16H,10-11,19H2,1H3/t14-,16+/m0/s1. The van der Waals surface area contributed by atoms with Crippen LogP contribution in [-0.2, 0) is 10.0 Å². The zero-order valence-electron chi connectivity index (χ0n) is 13.2. The number of hydrogen-bond donors (Lipinski definition) is 1. The Hall–Kier alpha value is -1.05. The van der Waals surface area contributed by atoms with Crippen LogP contribution in [0, 0.1) is 0 Å². The van der Waals surface area contributed by atoms with Crippen LogP contribution in [0.25, 0.3) is 0 Å². The van der Waals surface area contributed by atoms with E-state index in [1.165, 1.54) is 22.1 Å². The maximum absolute atomic E-state index is 12.9. The first-order valence-corrected chi connectivity index (χ1v) is 10.6. The van der Waals surface area contributed by atoms with Gasteiger partial charge in [-0.25, -0.2) is 8.42 Å². The van der Waals surface area contributed by atoms with Gasteiger partial charge in [0.2, 0.25) is 10.0 Å². The monoisotopic (exact) mass is 382 g/mol. The highest BCUT2D eigenvalue weighted by Crippen LogP contribution is 2.33. The molecule has 0 saturated carbocycles. The molecule has 1 aliphatic rings. The van der Waals surface area contributed by atoms with Crippen molar-refractivity contribution in [3.05, 3.63) is 59.1 Å². The van der Waals surface area contributed by atoms with E-state index in [0.717, 1.165) is 10.5 Å². The summed E-state index contributed by atoms with van der Waals surface area (Å²) >= 11 is 7.65. The highest BCUT2D eigenvalue weighted by atomic mass is 35.5. The van der Waals surface area contributed by atoms with Gasteiger partial charge in [0.1, 0.15) is 0 Å². The normalized spacial score (nSPS) is 22.0. The van der Waals surface area contributed by atoms with Crippen LogP contribution in [0.5, 0.6) is 0 Å². The Morgan fingerprint density at radius 2 is 1.88 bits per heavy atom. The molecule has 1 aliphatic heterocycles. The first kappa shape index (κ1) is 17.8. The third-order valence-corrected chi connectivity index (χ3v) is 7.37. The number of halogens is 1. The second kappa shape index (κ2) is 7.06. The van der Waals surface area contributed by atoms with E-state index in [2.05, 4.69) is 0 Å². The summed E-state index contributed by atoms with van der Waals surface area (Å²) in [6.45, 7) is 0.694. The van der Waals surface area contributed by atoms with Crippen molar-refractivity contribution in [2.75, 3.05) is 19.3 Å². The van der Waals surface area contributed by atoms with E-state index in [0.29, 0.717) is 18.1 Å². The molecule has 0 aliphatic carbocycles. The molecule has 1 saturated heterocycles. The van der Waals surface area contributed by atoms with Gasteiger partial charge in [0.15, 0.2) is 0 Å². The molecule has 3 rings (SSSR count). The smallest absolute Gasteiger partial charge is 0.243 e. The average Bonchev–Trinajstić information content (AvgIpc) is 2.98. The molecule has 4 nitrogen and oxygen atoms in total. The summed E-state index contributed by atoms with van der Waals surface area (Å²) in [5, 5.41) is 0.451. The second-order valence-electron chi connectivity index (χ2n) is 5.80. The first-order valence-electron chi connectivity index (χ1n) is 7.57. The fourth-order valence-corrected chi connectivity index (χ4v) is 5.46. The van der Waals surface area contributed by atoms with E-state index < -0.39 is 10.0 Å². The van der Waals surface area contributed by atoms with Crippen LogP contribution in [-0.4, -0.2) is 38.1 Å². The van der Waals surface area contributed by atoms with Crippen LogP contribution in [0.15, 0.2) is 58.3 Å². The van der Waals surface area contributed by atoms with E-state index in [4.69, 9.17) is 17.3 Å². The maximum Gasteiger partial charge on any atom is 0.243 e. The summed E-state index contributed by atoms with van der Waals surface area (Å²) in [7, 11) is -3.60. The molecule has 0 amide bonds.